The van der Waals surface area contributed by atoms with Crippen LogP contribution in [-0.4, -0.2) is 30.2 Å². The zero-order chi connectivity index (χ0) is 17.5. The maximum absolute atomic E-state index is 5.88. The van der Waals surface area contributed by atoms with Crippen molar-refractivity contribution in [3.8, 4) is 0 Å². The maximum Gasteiger partial charge on any atom is 0.178 e. The number of hydrogen-bond acceptors (Lipinski definition) is 5. The number of H-pyrrole nitrogens is 1. The molecule has 3 heterocycles. The molecule has 0 saturated carbocycles. The van der Waals surface area contributed by atoms with Crippen molar-refractivity contribution in [1.82, 2.24) is 30.2 Å². The Kier molecular flexibility index (Phi) is 3.44. The summed E-state index contributed by atoms with van der Waals surface area (Å²) in [6.07, 6.45) is 8.36. The average molecular weight is 345 g/mol. The fourth-order valence-electron chi connectivity index (χ4n) is 3.77. The number of nitrogen functional groups attached to an aromatic ring is 1. The second kappa shape index (κ2) is 5.94. The molecule has 1 aliphatic carbocycles. The molecule has 0 radical (unpaired) electrons. The zero-order valence-electron chi connectivity index (χ0n) is 14.3. The smallest absolute Gasteiger partial charge is 0.178 e. The summed E-state index contributed by atoms with van der Waals surface area (Å²) >= 11 is 0. The topological polar surface area (TPSA) is 98.3 Å². The van der Waals surface area contributed by atoms with Crippen molar-refractivity contribution in [2.24, 2.45) is 0 Å². The molecule has 1 aliphatic rings. The molecule has 130 valence electrons. The van der Waals surface area contributed by atoms with Crippen LogP contribution in [0.15, 0.2) is 36.7 Å². The van der Waals surface area contributed by atoms with Crippen LogP contribution in [0, 0.1) is 0 Å². The lowest BCUT2D eigenvalue weighted by molar-refractivity contribution is 0.685. The molecule has 3 N–H and O–H groups in total. The summed E-state index contributed by atoms with van der Waals surface area (Å²) in [7, 11) is 0. The van der Waals surface area contributed by atoms with Gasteiger partial charge in [-0.3, -0.25) is 4.68 Å². The summed E-state index contributed by atoms with van der Waals surface area (Å²) in [5.74, 6) is 0.462. The van der Waals surface area contributed by atoms with Gasteiger partial charge in [-0.1, -0.05) is 23.4 Å². The van der Waals surface area contributed by atoms with Crippen LogP contribution in [-0.2, 0) is 25.8 Å². The number of pyridine rings is 1. The fourth-order valence-corrected chi connectivity index (χ4v) is 3.77. The van der Waals surface area contributed by atoms with E-state index >= 15 is 0 Å². The van der Waals surface area contributed by atoms with E-state index in [1.54, 1.807) is 0 Å². The Balaban J connectivity index is 1.37. The van der Waals surface area contributed by atoms with Crippen molar-refractivity contribution in [3.63, 3.8) is 0 Å². The number of nitrogens with zero attached hydrogens (tertiary/aromatic N) is 5. The highest BCUT2D eigenvalue weighted by Crippen LogP contribution is 2.23. The molecule has 0 bridgehead atoms. The van der Waals surface area contributed by atoms with Crippen molar-refractivity contribution in [3.05, 3.63) is 64.5 Å². The van der Waals surface area contributed by atoms with Crippen LogP contribution in [0.1, 0.15) is 34.2 Å². The lowest BCUT2D eigenvalue weighted by Gasteiger charge is -2.05. The highest BCUT2D eigenvalue weighted by molar-refractivity contribution is 5.76. The largest absolute Gasteiger partial charge is 0.384 e. The van der Waals surface area contributed by atoms with Gasteiger partial charge in [-0.15, -0.1) is 5.10 Å². The van der Waals surface area contributed by atoms with Crippen LogP contribution >= 0.6 is 0 Å². The maximum atomic E-state index is 5.88. The van der Waals surface area contributed by atoms with E-state index in [0.717, 1.165) is 23.2 Å². The van der Waals surface area contributed by atoms with Gasteiger partial charge in [-0.2, -0.15) is 5.10 Å². The summed E-state index contributed by atoms with van der Waals surface area (Å²) in [5.41, 5.74) is 13.7. The minimum Gasteiger partial charge on any atom is -0.384 e. The highest BCUT2D eigenvalue weighted by Gasteiger charge is 2.12. The van der Waals surface area contributed by atoms with Crippen molar-refractivity contribution >= 4 is 17.0 Å². The van der Waals surface area contributed by atoms with Gasteiger partial charge < -0.3 is 5.73 Å². The van der Waals surface area contributed by atoms with E-state index in [9.17, 15) is 0 Å². The molecule has 7 heteroatoms. The number of fused-ring (bicyclic) bond motifs is 2. The molecular formula is C19H19N7. The van der Waals surface area contributed by atoms with Crippen LogP contribution in [0.3, 0.4) is 0 Å². The first kappa shape index (κ1) is 15.1. The van der Waals surface area contributed by atoms with Gasteiger partial charge in [-0.25, -0.2) is 10.1 Å². The highest BCUT2D eigenvalue weighted by atomic mass is 15.3. The van der Waals surface area contributed by atoms with Crippen molar-refractivity contribution < 1.29 is 0 Å². The third-order valence-electron chi connectivity index (χ3n) is 4.99. The summed E-state index contributed by atoms with van der Waals surface area (Å²) in [6.45, 7) is 0.783. The van der Waals surface area contributed by atoms with Crippen LogP contribution in [0.4, 0.5) is 5.82 Å². The van der Waals surface area contributed by atoms with E-state index in [-0.39, 0.29) is 0 Å². The van der Waals surface area contributed by atoms with Crippen LogP contribution in [0.25, 0.3) is 11.2 Å². The number of benzene rings is 1. The molecule has 26 heavy (non-hydrogen) atoms. The van der Waals surface area contributed by atoms with Gasteiger partial charge in [0, 0.05) is 12.6 Å². The number of hydrogen-bond donors (Lipinski definition) is 2. The molecule has 0 aliphatic heterocycles. The number of rotatable bonds is 4. The quantitative estimate of drug-likeness (QED) is 0.591. The molecule has 3 aromatic heterocycles. The summed E-state index contributed by atoms with van der Waals surface area (Å²) in [4.78, 5) is 4.20. The Morgan fingerprint density at radius 1 is 1.12 bits per heavy atom. The lowest BCUT2D eigenvalue weighted by Crippen LogP contribution is -2.01. The Morgan fingerprint density at radius 3 is 3.00 bits per heavy atom. The SMILES string of the molecule is Nc1cc(Cc2cnn(Cc3ccc4c(c3)CCC4)c2)c2nn[nH]c2n1. The molecule has 0 unspecified atom stereocenters. The molecule has 0 spiro atoms. The third kappa shape index (κ3) is 2.71. The van der Waals surface area contributed by atoms with Gasteiger partial charge in [0.1, 0.15) is 11.3 Å². The number of anilines is 1. The number of nitrogens with two attached hydrogens (primary N) is 1. The number of aromatic amines is 1. The van der Waals surface area contributed by atoms with Crippen molar-refractivity contribution in [1.29, 1.82) is 0 Å². The predicted molar refractivity (Wildman–Crippen MR) is 98.7 cm³/mol. The lowest BCUT2D eigenvalue weighted by atomic mass is 10.1. The van der Waals surface area contributed by atoms with E-state index in [1.807, 2.05) is 16.9 Å². The van der Waals surface area contributed by atoms with E-state index in [4.69, 9.17) is 5.73 Å². The first-order valence-corrected chi connectivity index (χ1v) is 8.83. The molecule has 0 atom stereocenters. The standard InChI is InChI=1S/C19H19N7/c20-17-8-16(18-19(22-17)24-25-23-18)7-13-9-21-26(11-13)10-12-4-5-14-2-1-3-15(14)6-12/h4-6,8-9,11H,1-3,7,10H2,(H3,20,22,23,24,25). The van der Waals surface area contributed by atoms with E-state index < -0.39 is 0 Å². The molecule has 0 fully saturated rings. The molecule has 7 nitrogen and oxygen atoms in total. The molecule has 0 saturated heterocycles. The second-order valence-corrected chi connectivity index (χ2v) is 6.89. The summed E-state index contributed by atoms with van der Waals surface area (Å²) in [6, 6.07) is 8.66. The van der Waals surface area contributed by atoms with Crippen molar-refractivity contribution in [2.75, 3.05) is 5.73 Å². The predicted octanol–water partition coefficient (Wildman–Crippen LogP) is 2.26. The molecular weight excluding hydrogens is 326 g/mol. The third-order valence-corrected chi connectivity index (χ3v) is 4.99. The van der Waals surface area contributed by atoms with Gasteiger partial charge in [0.25, 0.3) is 0 Å². The summed E-state index contributed by atoms with van der Waals surface area (Å²) < 4.78 is 1.98. The first-order chi connectivity index (χ1) is 12.7. The molecule has 0 amide bonds. The normalized spacial score (nSPS) is 13.4. The molecule has 5 rings (SSSR count). The second-order valence-electron chi connectivity index (χ2n) is 6.89. The minimum atomic E-state index is 0.462. The number of aryl methyl sites for hydroxylation is 2. The Morgan fingerprint density at radius 2 is 2.04 bits per heavy atom. The molecule has 1 aromatic carbocycles. The fraction of sp³-hybridized carbons (Fsp3) is 0.263. The zero-order valence-corrected chi connectivity index (χ0v) is 14.3. The van der Waals surface area contributed by atoms with E-state index in [0.29, 0.717) is 17.9 Å². The van der Waals surface area contributed by atoms with Crippen LogP contribution < -0.4 is 5.73 Å². The average Bonchev–Trinajstić information content (AvgIpc) is 3.35. The van der Waals surface area contributed by atoms with E-state index in [1.165, 1.54) is 36.0 Å². The van der Waals surface area contributed by atoms with Crippen LogP contribution in [0.5, 0.6) is 0 Å². The van der Waals surface area contributed by atoms with Gasteiger partial charge >= 0.3 is 0 Å². The van der Waals surface area contributed by atoms with E-state index in [2.05, 4.69) is 49.9 Å². The minimum absolute atomic E-state index is 0.462. The van der Waals surface area contributed by atoms with Gasteiger partial charge in [0.05, 0.1) is 12.7 Å². The number of nitrogens with one attached hydrogen (secondary N) is 1. The molecule has 4 aromatic rings. The number of aromatic nitrogens is 6. The van der Waals surface area contributed by atoms with Gasteiger partial charge in [-0.05, 0) is 53.1 Å². The van der Waals surface area contributed by atoms with Crippen LogP contribution in [0.2, 0.25) is 0 Å². The summed E-state index contributed by atoms with van der Waals surface area (Å²) in [5, 5.41) is 15.2. The van der Waals surface area contributed by atoms with Gasteiger partial charge in [0.15, 0.2) is 5.65 Å². The Bertz CT molecular complexity index is 1090. The Hall–Kier alpha value is -3.22. The van der Waals surface area contributed by atoms with Crippen molar-refractivity contribution in [2.45, 2.75) is 32.2 Å². The monoisotopic (exact) mass is 345 g/mol. The van der Waals surface area contributed by atoms with Gasteiger partial charge in [0.2, 0.25) is 0 Å². The Labute approximate surface area is 150 Å². The first-order valence-electron chi connectivity index (χ1n) is 8.83.